The van der Waals surface area contributed by atoms with Crippen molar-refractivity contribution in [2.45, 2.75) is 37.7 Å². The summed E-state index contributed by atoms with van der Waals surface area (Å²) in [6.07, 6.45) is 2.02. The van der Waals surface area contributed by atoms with Gasteiger partial charge in [0.2, 0.25) is 15.9 Å². The molecule has 0 bridgehead atoms. The quantitative estimate of drug-likeness (QED) is 0.812. The Labute approximate surface area is 137 Å². The molecule has 1 fully saturated rings. The summed E-state index contributed by atoms with van der Waals surface area (Å²) in [4.78, 5) is 13.6. The number of aryl methyl sites for hydroxylation is 1. The van der Waals surface area contributed by atoms with Gasteiger partial charge in [0.1, 0.15) is 0 Å². The van der Waals surface area contributed by atoms with E-state index in [0.29, 0.717) is 13.1 Å². The van der Waals surface area contributed by atoms with Gasteiger partial charge in [0.05, 0.1) is 11.0 Å². The predicted octanol–water partition coefficient (Wildman–Crippen LogP) is 1.30. The number of rotatable bonds is 7. The van der Waals surface area contributed by atoms with Crippen LogP contribution in [0.3, 0.4) is 0 Å². The summed E-state index contributed by atoms with van der Waals surface area (Å²) in [7, 11) is -3.55. The summed E-state index contributed by atoms with van der Waals surface area (Å²) in [6, 6.07) is 6.74. The van der Waals surface area contributed by atoms with E-state index in [1.54, 1.807) is 23.1 Å². The summed E-state index contributed by atoms with van der Waals surface area (Å²) in [5.41, 5.74) is 0.886. The number of nitrogens with zero attached hydrogens (tertiary/aromatic N) is 1. The van der Waals surface area contributed by atoms with Crippen molar-refractivity contribution in [3.8, 4) is 0 Å². The first-order valence-corrected chi connectivity index (χ1v) is 9.30. The number of hydrogen-bond donors (Lipinski definition) is 1. The third kappa shape index (κ3) is 5.30. The van der Waals surface area contributed by atoms with E-state index in [1.807, 2.05) is 13.0 Å². The van der Waals surface area contributed by atoms with E-state index < -0.39 is 10.0 Å². The molecule has 1 aromatic carbocycles. The molecule has 1 N–H and O–H groups in total. The third-order valence-electron chi connectivity index (χ3n) is 3.87. The second kappa shape index (κ2) is 7.90. The molecular formula is C16H24N2O4S. The van der Waals surface area contributed by atoms with Crippen molar-refractivity contribution in [2.24, 2.45) is 0 Å². The summed E-state index contributed by atoms with van der Waals surface area (Å²) in [5.74, 6) is -0.0738. The monoisotopic (exact) mass is 340 g/mol. The van der Waals surface area contributed by atoms with Gasteiger partial charge in [-0.3, -0.25) is 4.79 Å². The first-order chi connectivity index (χ1) is 10.9. The molecule has 1 atom stereocenters. The zero-order chi connectivity index (χ0) is 16.9. The largest absolute Gasteiger partial charge is 0.376 e. The van der Waals surface area contributed by atoms with Crippen molar-refractivity contribution in [2.75, 3.05) is 26.2 Å². The Morgan fingerprint density at radius 1 is 1.43 bits per heavy atom. The van der Waals surface area contributed by atoms with Gasteiger partial charge in [0, 0.05) is 33.2 Å². The number of carbonyl (C=O) groups is 1. The Morgan fingerprint density at radius 3 is 2.83 bits per heavy atom. The maximum atomic E-state index is 12.2. The summed E-state index contributed by atoms with van der Waals surface area (Å²) in [6.45, 7) is 5.10. The van der Waals surface area contributed by atoms with Crippen LogP contribution in [-0.4, -0.2) is 51.6 Å². The Hall–Kier alpha value is -1.44. The van der Waals surface area contributed by atoms with E-state index in [-0.39, 0.29) is 23.5 Å². The van der Waals surface area contributed by atoms with Crippen LogP contribution in [-0.2, 0) is 19.6 Å². The minimum atomic E-state index is -3.55. The molecule has 1 aliphatic heterocycles. The number of sulfonamides is 1. The first-order valence-electron chi connectivity index (χ1n) is 7.82. The minimum absolute atomic E-state index is 0.0623. The van der Waals surface area contributed by atoms with Gasteiger partial charge in [-0.15, -0.1) is 0 Å². The van der Waals surface area contributed by atoms with E-state index in [2.05, 4.69) is 4.72 Å². The number of hydrogen-bond acceptors (Lipinski definition) is 4. The molecule has 0 aromatic heterocycles. The molecule has 0 radical (unpaired) electrons. The van der Waals surface area contributed by atoms with Crippen LogP contribution in [0, 0.1) is 6.92 Å². The van der Waals surface area contributed by atoms with Crippen molar-refractivity contribution in [1.82, 2.24) is 9.62 Å². The SMILES string of the molecule is CC(=O)N(CCNS(=O)(=O)c1cccc(C)c1)CC1CCCO1. The fourth-order valence-corrected chi connectivity index (χ4v) is 3.72. The van der Waals surface area contributed by atoms with E-state index in [9.17, 15) is 13.2 Å². The van der Waals surface area contributed by atoms with Crippen LogP contribution in [0.4, 0.5) is 0 Å². The second-order valence-electron chi connectivity index (χ2n) is 5.81. The van der Waals surface area contributed by atoms with Gasteiger partial charge in [-0.1, -0.05) is 12.1 Å². The third-order valence-corrected chi connectivity index (χ3v) is 5.33. The van der Waals surface area contributed by atoms with E-state index in [0.717, 1.165) is 25.0 Å². The maximum absolute atomic E-state index is 12.2. The highest BCUT2D eigenvalue weighted by molar-refractivity contribution is 7.89. The molecule has 1 amide bonds. The lowest BCUT2D eigenvalue weighted by Crippen LogP contribution is -2.41. The zero-order valence-corrected chi connectivity index (χ0v) is 14.4. The number of ether oxygens (including phenoxy) is 1. The molecule has 1 saturated heterocycles. The number of amides is 1. The Balaban J connectivity index is 1.89. The van der Waals surface area contributed by atoms with Crippen molar-refractivity contribution in [3.05, 3.63) is 29.8 Å². The van der Waals surface area contributed by atoms with E-state index in [4.69, 9.17) is 4.74 Å². The molecule has 1 unspecified atom stereocenters. The van der Waals surface area contributed by atoms with Gasteiger partial charge in [-0.25, -0.2) is 13.1 Å². The van der Waals surface area contributed by atoms with Crippen LogP contribution in [0.1, 0.15) is 25.3 Å². The first kappa shape index (κ1) is 17.9. The van der Waals surface area contributed by atoms with E-state index in [1.165, 1.54) is 6.92 Å². The average Bonchev–Trinajstić information content (AvgIpc) is 2.99. The molecule has 6 nitrogen and oxygen atoms in total. The molecule has 2 rings (SSSR count). The summed E-state index contributed by atoms with van der Waals surface area (Å²) < 4.78 is 32.6. The predicted molar refractivity (Wildman–Crippen MR) is 87.6 cm³/mol. The number of benzene rings is 1. The standard InChI is InChI=1S/C16H24N2O4S/c1-13-5-3-7-16(11-13)23(20,21)17-8-9-18(14(2)19)12-15-6-4-10-22-15/h3,5,7,11,15,17H,4,6,8-10,12H2,1-2H3. The lowest BCUT2D eigenvalue weighted by Gasteiger charge is -2.24. The Morgan fingerprint density at radius 2 is 2.22 bits per heavy atom. The van der Waals surface area contributed by atoms with Crippen LogP contribution in [0.2, 0.25) is 0 Å². The van der Waals surface area contributed by atoms with Gasteiger partial charge in [-0.2, -0.15) is 0 Å². The molecule has 128 valence electrons. The van der Waals surface area contributed by atoms with Gasteiger partial charge in [0.25, 0.3) is 0 Å². The molecule has 7 heteroatoms. The van der Waals surface area contributed by atoms with Crippen molar-refractivity contribution in [1.29, 1.82) is 0 Å². The molecule has 23 heavy (non-hydrogen) atoms. The van der Waals surface area contributed by atoms with Gasteiger partial charge < -0.3 is 9.64 Å². The van der Waals surface area contributed by atoms with Crippen LogP contribution >= 0.6 is 0 Å². The van der Waals surface area contributed by atoms with Crippen molar-refractivity contribution >= 4 is 15.9 Å². The van der Waals surface area contributed by atoms with Crippen LogP contribution in [0.5, 0.6) is 0 Å². The van der Waals surface area contributed by atoms with Crippen molar-refractivity contribution in [3.63, 3.8) is 0 Å². The lowest BCUT2D eigenvalue weighted by atomic mass is 10.2. The molecule has 0 saturated carbocycles. The fraction of sp³-hybridized carbons (Fsp3) is 0.562. The highest BCUT2D eigenvalue weighted by atomic mass is 32.2. The van der Waals surface area contributed by atoms with Crippen LogP contribution in [0.15, 0.2) is 29.2 Å². The maximum Gasteiger partial charge on any atom is 0.240 e. The number of nitrogens with one attached hydrogen (secondary N) is 1. The van der Waals surface area contributed by atoms with Crippen LogP contribution < -0.4 is 4.72 Å². The minimum Gasteiger partial charge on any atom is -0.376 e. The smallest absolute Gasteiger partial charge is 0.240 e. The fourth-order valence-electron chi connectivity index (χ4n) is 2.59. The molecule has 1 aromatic rings. The summed E-state index contributed by atoms with van der Waals surface area (Å²) in [5, 5.41) is 0. The lowest BCUT2D eigenvalue weighted by molar-refractivity contribution is -0.130. The van der Waals surface area contributed by atoms with Crippen LogP contribution in [0.25, 0.3) is 0 Å². The zero-order valence-electron chi connectivity index (χ0n) is 13.6. The molecule has 0 spiro atoms. The molecule has 1 aliphatic rings. The van der Waals surface area contributed by atoms with Gasteiger partial charge in [0.15, 0.2) is 0 Å². The topological polar surface area (TPSA) is 75.7 Å². The van der Waals surface area contributed by atoms with Gasteiger partial charge >= 0.3 is 0 Å². The molecule has 1 heterocycles. The summed E-state index contributed by atoms with van der Waals surface area (Å²) >= 11 is 0. The van der Waals surface area contributed by atoms with Gasteiger partial charge in [-0.05, 0) is 37.5 Å². The highest BCUT2D eigenvalue weighted by Gasteiger charge is 2.21. The van der Waals surface area contributed by atoms with Crippen molar-refractivity contribution < 1.29 is 17.9 Å². The Kier molecular flexibility index (Phi) is 6.15. The van der Waals surface area contributed by atoms with E-state index >= 15 is 0 Å². The normalized spacial score (nSPS) is 18.1. The molecular weight excluding hydrogens is 316 g/mol. The molecule has 0 aliphatic carbocycles. The highest BCUT2D eigenvalue weighted by Crippen LogP contribution is 2.14. The number of carbonyl (C=O) groups excluding carboxylic acids is 1. The second-order valence-corrected chi connectivity index (χ2v) is 7.58. The average molecular weight is 340 g/mol. The Bertz CT molecular complexity index is 639.